The van der Waals surface area contributed by atoms with Gasteiger partial charge in [-0.25, -0.2) is 0 Å². The molecule has 0 N–H and O–H groups in total. The summed E-state index contributed by atoms with van der Waals surface area (Å²) in [7, 11) is 0. The van der Waals surface area contributed by atoms with E-state index in [2.05, 4.69) is 20.4 Å². The van der Waals surface area contributed by atoms with E-state index in [0.29, 0.717) is 18.3 Å². The summed E-state index contributed by atoms with van der Waals surface area (Å²) in [5.74, 6) is 2.27. The summed E-state index contributed by atoms with van der Waals surface area (Å²) in [4.78, 5) is 12.2. The van der Waals surface area contributed by atoms with Crippen LogP contribution in [0.5, 0.6) is 0 Å². The number of ketones is 1. The molecule has 3 atom stereocenters. The first kappa shape index (κ1) is 14.0. The summed E-state index contributed by atoms with van der Waals surface area (Å²) in [6, 6.07) is 9.64. The van der Waals surface area contributed by atoms with Crippen molar-refractivity contribution in [2.75, 3.05) is 0 Å². The van der Waals surface area contributed by atoms with E-state index in [1.807, 2.05) is 30.3 Å². The van der Waals surface area contributed by atoms with Crippen molar-refractivity contribution >= 4 is 5.78 Å². The van der Waals surface area contributed by atoms with Crippen molar-refractivity contribution in [1.29, 1.82) is 0 Å². The topological polar surface area (TPSA) is 17.1 Å². The van der Waals surface area contributed by atoms with Gasteiger partial charge in [0.05, 0.1) is 0 Å². The minimum atomic E-state index is 0.278. The van der Waals surface area contributed by atoms with Crippen molar-refractivity contribution in [3.63, 3.8) is 0 Å². The molecule has 0 bridgehead atoms. The van der Waals surface area contributed by atoms with Gasteiger partial charge < -0.3 is 0 Å². The Morgan fingerprint density at radius 3 is 2.58 bits per heavy atom. The predicted octanol–water partition coefficient (Wildman–Crippen LogP) is 4.89. The number of benzene rings is 1. The highest BCUT2D eigenvalue weighted by Gasteiger charge is 2.33. The largest absolute Gasteiger partial charge is 0.294 e. The summed E-state index contributed by atoms with van der Waals surface area (Å²) < 4.78 is 0. The van der Waals surface area contributed by atoms with E-state index >= 15 is 0 Å². The van der Waals surface area contributed by atoms with Crippen molar-refractivity contribution in [3.8, 4) is 0 Å². The second kappa shape index (κ2) is 6.18. The van der Waals surface area contributed by atoms with Crippen LogP contribution in [0, 0.1) is 17.8 Å². The van der Waals surface area contributed by atoms with Crippen molar-refractivity contribution in [1.82, 2.24) is 0 Å². The van der Waals surface area contributed by atoms with Crippen LogP contribution in [0.15, 0.2) is 42.5 Å². The number of carbonyl (C=O) groups excluding carboxylic acids is 1. The van der Waals surface area contributed by atoms with Crippen LogP contribution in [-0.4, -0.2) is 5.78 Å². The van der Waals surface area contributed by atoms with E-state index < -0.39 is 0 Å². The van der Waals surface area contributed by atoms with Crippen LogP contribution in [0.4, 0.5) is 0 Å². The molecule has 2 rings (SSSR count). The van der Waals surface area contributed by atoms with Crippen LogP contribution in [0.2, 0.25) is 0 Å². The van der Waals surface area contributed by atoms with E-state index in [0.717, 1.165) is 17.9 Å². The molecule has 19 heavy (non-hydrogen) atoms. The van der Waals surface area contributed by atoms with Gasteiger partial charge in [0, 0.05) is 12.0 Å². The molecule has 0 spiro atoms. The van der Waals surface area contributed by atoms with Gasteiger partial charge in [-0.15, -0.1) is 0 Å². The molecule has 1 aliphatic rings. The molecule has 3 unspecified atom stereocenters. The maximum Gasteiger partial charge on any atom is 0.162 e. The van der Waals surface area contributed by atoms with E-state index in [9.17, 15) is 4.79 Å². The summed E-state index contributed by atoms with van der Waals surface area (Å²) in [6.07, 6.45) is 4.21. The van der Waals surface area contributed by atoms with Crippen LogP contribution in [0.3, 0.4) is 0 Å². The Morgan fingerprint density at radius 2 is 1.95 bits per heavy atom. The monoisotopic (exact) mass is 256 g/mol. The van der Waals surface area contributed by atoms with Crippen molar-refractivity contribution in [2.45, 2.75) is 39.5 Å². The zero-order chi connectivity index (χ0) is 13.8. The summed E-state index contributed by atoms with van der Waals surface area (Å²) in [5.41, 5.74) is 2.14. The molecule has 1 aromatic rings. The van der Waals surface area contributed by atoms with Crippen molar-refractivity contribution in [2.24, 2.45) is 17.8 Å². The molecule has 1 fully saturated rings. The fraction of sp³-hybridized carbons (Fsp3) is 0.500. The molecule has 1 aliphatic carbocycles. The number of carbonyl (C=O) groups is 1. The molecule has 0 saturated heterocycles. The Bertz CT molecular complexity index is 446. The third-order valence-electron chi connectivity index (χ3n) is 4.61. The van der Waals surface area contributed by atoms with Crippen LogP contribution in [0.1, 0.15) is 49.9 Å². The average Bonchev–Trinajstić information content (AvgIpc) is 2.78. The lowest BCUT2D eigenvalue weighted by atomic mass is 9.82. The first-order chi connectivity index (χ1) is 9.09. The lowest BCUT2D eigenvalue weighted by Crippen LogP contribution is -2.15. The second-order valence-corrected chi connectivity index (χ2v) is 6.00. The highest BCUT2D eigenvalue weighted by Crippen LogP contribution is 2.42. The summed E-state index contributed by atoms with van der Waals surface area (Å²) in [6.45, 7) is 8.58. The SMILES string of the molecule is C=C(C)C1CCC(C)C1CCC(=O)c1ccccc1. The zero-order valence-electron chi connectivity index (χ0n) is 12.1. The van der Waals surface area contributed by atoms with Gasteiger partial charge in [0.2, 0.25) is 0 Å². The number of hydrogen-bond donors (Lipinski definition) is 0. The first-order valence-corrected chi connectivity index (χ1v) is 7.33. The summed E-state index contributed by atoms with van der Waals surface area (Å²) in [5, 5.41) is 0. The Morgan fingerprint density at radius 1 is 1.26 bits per heavy atom. The number of rotatable bonds is 5. The van der Waals surface area contributed by atoms with Gasteiger partial charge in [0.25, 0.3) is 0 Å². The van der Waals surface area contributed by atoms with Gasteiger partial charge in [-0.3, -0.25) is 4.79 Å². The van der Waals surface area contributed by atoms with E-state index in [-0.39, 0.29) is 5.78 Å². The van der Waals surface area contributed by atoms with Crippen LogP contribution >= 0.6 is 0 Å². The Hall–Kier alpha value is -1.37. The molecule has 102 valence electrons. The van der Waals surface area contributed by atoms with Gasteiger partial charge in [0.1, 0.15) is 0 Å². The maximum atomic E-state index is 12.2. The number of hydrogen-bond acceptors (Lipinski definition) is 1. The van der Waals surface area contributed by atoms with Gasteiger partial charge in [-0.1, -0.05) is 49.4 Å². The zero-order valence-corrected chi connectivity index (χ0v) is 12.1. The van der Waals surface area contributed by atoms with Crippen molar-refractivity contribution in [3.05, 3.63) is 48.0 Å². The Balaban J connectivity index is 1.94. The van der Waals surface area contributed by atoms with E-state index in [1.54, 1.807) is 0 Å². The smallest absolute Gasteiger partial charge is 0.162 e. The fourth-order valence-corrected chi connectivity index (χ4v) is 3.43. The lowest BCUT2D eigenvalue weighted by Gasteiger charge is -2.23. The third kappa shape index (κ3) is 3.34. The molecule has 0 amide bonds. The highest BCUT2D eigenvalue weighted by molar-refractivity contribution is 5.95. The molecule has 1 heteroatoms. The molecule has 1 aromatic carbocycles. The van der Waals surface area contributed by atoms with E-state index in [4.69, 9.17) is 0 Å². The quantitative estimate of drug-likeness (QED) is 0.541. The average molecular weight is 256 g/mol. The van der Waals surface area contributed by atoms with Gasteiger partial charge in [0.15, 0.2) is 5.78 Å². The molecule has 0 aliphatic heterocycles. The fourth-order valence-electron chi connectivity index (χ4n) is 3.43. The molecule has 1 saturated carbocycles. The Kier molecular flexibility index (Phi) is 4.57. The second-order valence-electron chi connectivity index (χ2n) is 6.00. The maximum absolute atomic E-state index is 12.2. The van der Waals surface area contributed by atoms with E-state index in [1.165, 1.54) is 18.4 Å². The summed E-state index contributed by atoms with van der Waals surface area (Å²) >= 11 is 0. The molecular weight excluding hydrogens is 232 g/mol. The van der Waals surface area contributed by atoms with Gasteiger partial charge >= 0.3 is 0 Å². The standard InChI is InChI=1S/C18H24O/c1-13(2)16-10-9-14(3)17(16)11-12-18(19)15-7-5-4-6-8-15/h4-8,14,16-17H,1,9-12H2,2-3H3. The molecule has 0 aromatic heterocycles. The van der Waals surface area contributed by atoms with Crippen LogP contribution in [0.25, 0.3) is 0 Å². The van der Waals surface area contributed by atoms with Gasteiger partial charge in [-0.05, 0) is 43.9 Å². The highest BCUT2D eigenvalue weighted by atomic mass is 16.1. The minimum Gasteiger partial charge on any atom is -0.294 e. The van der Waals surface area contributed by atoms with Gasteiger partial charge in [-0.2, -0.15) is 0 Å². The third-order valence-corrected chi connectivity index (χ3v) is 4.61. The first-order valence-electron chi connectivity index (χ1n) is 7.33. The number of Topliss-reactive ketones (excluding diaryl/α,β-unsaturated/α-hetero) is 1. The molecule has 0 radical (unpaired) electrons. The Labute approximate surface area is 116 Å². The molecular formula is C18H24O. The minimum absolute atomic E-state index is 0.278. The lowest BCUT2D eigenvalue weighted by molar-refractivity contribution is 0.0968. The predicted molar refractivity (Wildman–Crippen MR) is 80.2 cm³/mol. The molecule has 1 nitrogen and oxygen atoms in total. The number of allylic oxidation sites excluding steroid dienone is 1. The van der Waals surface area contributed by atoms with Crippen LogP contribution < -0.4 is 0 Å². The molecule has 0 heterocycles. The normalized spacial score (nSPS) is 26.3. The van der Waals surface area contributed by atoms with Crippen LogP contribution in [-0.2, 0) is 0 Å². The van der Waals surface area contributed by atoms with Crippen molar-refractivity contribution < 1.29 is 4.79 Å².